The number of carbonyl (C=O) groups excluding carboxylic acids is 1. The normalized spacial score (nSPS) is 21.4. The van der Waals surface area contributed by atoms with Gasteiger partial charge in [0, 0.05) is 30.8 Å². The molecule has 33 heavy (non-hydrogen) atoms. The average Bonchev–Trinajstić information content (AvgIpc) is 2.68. The number of carbonyl (C=O) groups is 1. The molecule has 3 N–H and O–H groups in total. The van der Waals surface area contributed by atoms with Gasteiger partial charge in [0.1, 0.15) is 5.60 Å². The van der Waals surface area contributed by atoms with Gasteiger partial charge in [0.15, 0.2) is 5.67 Å². The average molecular weight is 462 g/mol. The molecule has 0 radical (unpaired) electrons. The maximum absolute atomic E-state index is 14.0. The summed E-state index contributed by atoms with van der Waals surface area (Å²) in [5.74, 6) is -0.0741. The molecule has 1 aromatic heterocycles. The lowest BCUT2D eigenvalue weighted by molar-refractivity contribution is -0.132. The van der Waals surface area contributed by atoms with Crippen molar-refractivity contribution in [2.75, 3.05) is 6.54 Å². The highest BCUT2D eigenvalue weighted by Crippen LogP contribution is 2.48. The standard InChI is InChI=1S/C26H40FN3O3/c1-7-9-19(30-23(32)25(5,6)27)21(31)16-28-20-14-26(10-8-11-26)33-22-18(20)12-17(15-29-22)13-24(2,3)4/h7,12,15,19-21,28,31H,1,8-11,13-14,16H2,2-6H3,(H,30,32)/t19-,20-,21+/m0/s1. The van der Waals surface area contributed by atoms with Crippen LogP contribution in [0.1, 0.15) is 83.9 Å². The third-order valence-corrected chi connectivity index (χ3v) is 6.51. The van der Waals surface area contributed by atoms with Crippen LogP contribution in [0.3, 0.4) is 0 Å². The van der Waals surface area contributed by atoms with Gasteiger partial charge in [0.2, 0.25) is 5.88 Å². The first kappa shape index (κ1) is 25.6. The third-order valence-electron chi connectivity index (χ3n) is 6.51. The Hall–Kier alpha value is -1.99. The van der Waals surface area contributed by atoms with Gasteiger partial charge >= 0.3 is 0 Å². The van der Waals surface area contributed by atoms with Crippen LogP contribution in [-0.2, 0) is 11.2 Å². The predicted octanol–water partition coefficient (Wildman–Crippen LogP) is 4.18. The first-order valence-electron chi connectivity index (χ1n) is 12.0. The molecule has 184 valence electrons. The fourth-order valence-electron chi connectivity index (χ4n) is 4.58. The zero-order valence-electron chi connectivity index (χ0n) is 20.7. The Morgan fingerprint density at radius 2 is 2.09 bits per heavy atom. The Kier molecular flexibility index (Phi) is 7.54. The second kappa shape index (κ2) is 9.71. The van der Waals surface area contributed by atoms with Gasteiger partial charge in [-0.05, 0) is 63.0 Å². The SMILES string of the molecule is C=CC[C@H](NC(=O)C(C)(C)F)[C@H](O)CN[C@H]1CC2(CCC2)Oc2ncc(CC(C)(C)C)cc21. The van der Waals surface area contributed by atoms with Gasteiger partial charge in [-0.3, -0.25) is 4.79 Å². The van der Waals surface area contributed by atoms with Crippen molar-refractivity contribution in [2.45, 2.75) is 103 Å². The minimum atomic E-state index is -2.02. The lowest BCUT2D eigenvalue weighted by Crippen LogP contribution is -2.53. The summed E-state index contributed by atoms with van der Waals surface area (Å²) in [5.41, 5.74) is 0.0958. The molecule has 1 aliphatic heterocycles. The molecule has 1 spiro atoms. The van der Waals surface area contributed by atoms with Crippen molar-refractivity contribution in [3.8, 4) is 5.88 Å². The summed E-state index contributed by atoms with van der Waals surface area (Å²) in [6.45, 7) is 13.0. The van der Waals surface area contributed by atoms with Crippen LogP contribution in [0.4, 0.5) is 4.39 Å². The van der Waals surface area contributed by atoms with E-state index in [0.717, 1.165) is 43.2 Å². The molecule has 1 saturated carbocycles. The molecule has 0 unspecified atom stereocenters. The van der Waals surface area contributed by atoms with Crippen LogP contribution < -0.4 is 15.4 Å². The summed E-state index contributed by atoms with van der Waals surface area (Å²) in [6.07, 6.45) is 7.82. The Balaban J connectivity index is 1.75. The van der Waals surface area contributed by atoms with Crippen molar-refractivity contribution < 1.29 is 19.0 Å². The summed E-state index contributed by atoms with van der Waals surface area (Å²) in [5, 5.41) is 17.0. The number of nitrogens with one attached hydrogen (secondary N) is 2. The number of alkyl halides is 1. The quantitative estimate of drug-likeness (QED) is 0.481. The fourth-order valence-corrected chi connectivity index (χ4v) is 4.58. The summed E-state index contributed by atoms with van der Waals surface area (Å²) in [4.78, 5) is 16.8. The number of pyridine rings is 1. The summed E-state index contributed by atoms with van der Waals surface area (Å²) in [6, 6.07) is 1.52. The van der Waals surface area contributed by atoms with E-state index >= 15 is 0 Å². The first-order chi connectivity index (χ1) is 15.3. The maximum Gasteiger partial charge on any atom is 0.257 e. The van der Waals surface area contributed by atoms with Crippen molar-refractivity contribution in [1.29, 1.82) is 0 Å². The zero-order valence-corrected chi connectivity index (χ0v) is 20.7. The van der Waals surface area contributed by atoms with Gasteiger partial charge in [-0.2, -0.15) is 0 Å². The van der Waals surface area contributed by atoms with E-state index < -0.39 is 23.7 Å². The fraction of sp³-hybridized carbons (Fsp3) is 0.692. The van der Waals surface area contributed by atoms with Gasteiger partial charge in [-0.1, -0.05) is 26.8 Å². The summed E-state index contributed by atoms with van der Waals surface area (Å²) >= 11 is 0. The molecule has 3 atom stereocenters. The van der Waals surface area contributed by atoms with Crippen molar-refractivity contribution in [1.82, 2.24) is 15.6 Å². The largest absolute Gasteiger partial charge is 0.471 e. The van der Waals surface area contributed by atoms with Gasteiger partial charge in [-0.15, -0.1) is 6.58 Å². The van der Waals surface area contributed by atoms with Crippen LogP contribution in [0.15, 0.2) is 24.9 Å². The highest BCUT2D eigenvalue weighted by Gasteiger charge is 2.46. The first-order valence-corrected chi connectivity index (χ1v) is 12.0. The predicted molar refractivity (Wildman–Crippen MR) is 128 cm³/mol. The van der Waals surface area contributed by atoms with E-state index in [4.69, 9.17) is 4.74 Å². The Bertz CT molecular complexity index is 855. The lowest BCUT2D eigenvalue weighted by atomic mass is 9.73. The number of hydrogen-bond donors (Lipinski definition) is 3. The molecule has 1 amide bonds. The van der Waals surface area contributed by atoms with Gasteiger partial charge < -0.3 is 20.5 Å². The molecule has 2 heterocycles. The number of aromatic nitrogens is 1. The van der Waals surface area contributed by atoms with Crippen molar-refractivity contribution in [2.24, 2.45) is 5.41 Å². The number of nitrogens with zero attached hydrogens (tertiary/aromatic N) is 1. The van der Waals surface area contributed by atoms with E-state index in [0.29, 0.717) is 12.3 Å². The van der Waals surface area contributed by atoms with Gasteiger partial charge in [0.05, 0.1) is 12.1 Å². The second-order valence-corrected chi connectivity index (χ2v) is 11.4. The topological polar surface area (TPSA) is 83.5 Å². The van der Waals surface area contributed by atoms with E-state index in [1.807, 2.05) is 6.20 Å². The maximum atomic E-state index is 14.0. The number of amides is 1. The summed E-state index contributed by atoms with van der Waals surface area (Å²) < 4.78 is 20.3. The number of halogens is 1. The van der Waals surface area contributed by atoms with Crippen molar-refractivity contribution in [3.63, 3.8) is 0 Å². The Morgan fingerprint density at radius 3 is 2.64 bits per heavy atom. The highest BCUT2D eigenvalue weighted by molar-refractivity contribution is 5.84. The third kappa shape index (κ3) is 6.54. The monoisotopic (exact) mass is 461 g/mol. The minimum Gasteiger partial charge on any atom is -0.471 e. The molecule has 0 saturated heterocycles. The van der Waals surface area contributed by atoms with E-state index in [1.165, 1.54) is 13.8 Å². The summed E-state index contributed by atoms with van der Waals surface area (Å²) in [7, 11) is 0. The van der Waals surface area contributed by atoms with Crippen LogP contribution in [-0.4, -0.2) is 46.0 Å². The second-order valence-electron chi connectivity index (χ2n) is 11.4. The number of rotatable bonds is 9. The van der Waals surface area contributed by atoms with Crippen LogP contribution in [0.25, 0.3) is 0 Å². The minimum absolute atomic E-state index is 0.0196. The van der Waals surface area contributed by atoms with E-state index in [9.17, 15) is 14.3 Å². The van der Waals surface area contributed by atoms with Crippen molar-refractivity contribution in [3.05, 3.63) is 36.0 Å². The molecule has 0 bridgehead atoms. The Labute approximate surface area is 197 Å². The van der Waals surface area contributed by atoms with Crippen molar-refractivity contribution >= 4 is 5.91 Å². The number of aliphatic hydroxyl groups is 1. The highest BCUT2D eigenvalue weighted by atomic mass is 19.1. The molecule has 3 rings (SSSR count). The van der Waals surface area contributed by atoms with Gasteiger partial charge in [0.25, 0.3) is 5.91 Å². The molecular formula is C26H40FN3O3. The number of hydrogen-bond acceptors (Lipinski definition) is 5. The van der Waals surface area contributed by atoms with Gasteiger partial charge in [-0.25, -0.2) is 9.37 Å². The Morgan fingerprint density at radius 1 is 1.39 bits per heavy atom. The van der Waals surface area contributed by atoms with E-state index in [-0.39, 0.29) is 23.6 Å². The van der Waals surface area contributed by atoms with E-state index in [2.05, 4.69) is 49.0 Å². The lowest BCUT2D eigenvalue weighted by Gasteiger charge is -2.47. The molecule has 6 nitrogen and oxygen atoms in total. The van der Waals surface area contributed by atoms with Crippen LogP contribution >= 0.6 is 0 Å². The number of aliphatic hydroxyl groups excluding tert-OH is 1. The van der Waals surface area contributed by atoms with E-state index in [1.54, 1.807) is 6.08 Å². The number of ether oxygens (including phenoxy) is 1. The molecular weight excluding hydrogens is 421 g/mol. The van der Waals surface area contributed by atoms with Crippen LogP contribution in [0.5, 0.6) is 5.88 Å². The molecule has 2 aliphatic rings. The molecule has 0 aromatic carbocycles. The molecule has 7 heteroatoms. The molecule has 1 aliphatic carbocycles. The number of fused-ring (bicyclic) bond motifs is 1. The molecule has 1 aromatic rings. The van der Waals surface area contributed by atoms with Crippen LogP contribution in [0.2, 0.25) is 0 Å². The zero-order chi connectivity index (χ0) is 24.4. The smallest absolute Gasteiger partial charge is 0.257 e. The van der Waals surface area contributed by atoms with Crippen LogP contribution in [0, 0.1) is 5.41 Å². The molecule has 1 fully saturated rings.